The maximum Gasteiger partial charge on any atom is 0.257 e. The fraction of sp³-hybridized carbons (Fsp3) is 0.261. The summed E-state index contributed by atoms with van der Waals surface area (Å²) < 4.78 is 0. The number of benzene rings is 2. The number of hydrogen-bond acceptors (Lipinski definition) is 5. The normalized spacial score (nSPS) is 14.0. The predicted molar refractivity (Wildman–Crippen MR) is 116 cm³/mol. The van der Waals surface area contributed by atoms with Crippen LogP contribution in [0.2, 0.25) is 0 Å². The molecule has 0 unspecified atom stereocenters. The Balaban J connectivity index is 1.37. The first-order valence-corrected chi connectivity index (χ1v) is 9.86. The molecule has 148 valence electrons. The lowest BCUT2D eigenvalue weighted by atomic mass is 10.1. The Kier molecular flexibility index (Phi) is 5.42. The first kappa shape index (κ1) is 18.9. The molecule has 1 N–H and O–H groups in total. The highest BCUT2D eigenvalue weighted by molar-refractivity contribution is 5.94. The van der Waals surface area contributed by atoms with E-state index in [1.165, 1.54) is 11.3 Å². The van der Waals surface area contributed by atoms with Gasteiger partial charge in [-0.25, -0.2) is 9.97 Å². The maximum absolute atomic E-state index is 12.8. The zero-order valence-electron chi connectivity index (χ0n) is 16.8. The predicted octanol–water partition coefficient (Wildman–Crippen LogP) is 3.80. The summed E-state index contributed by atoms with van der Waals surface area (Å²) in [6.45, 7) is 7.13. The van der Waals surface area contributed by atoms with Crippen molar-refractivity contribution in [2.24, 2.45) is 0 Å². The van der Waals surface area contributed by atoms with Crippen LogP contribution in [0.1, 0.15) is 21.5 Å². The van der Waals surface area contributed by atoms with Gasteiger partial charge in [0.25, 0.3) is 5.91 Å². The highest BCUT2D eigenvalue weighted by Crippen LogP contribution is 2.20. The largest absolute Gasteiger partial charge is 0.368 e. The van der Waals surface area contributed by atoms with Crippen LogP contribution in [-0.2, 0) is 0 Å². The van der Waals surface area contributed by atoms with Crippen LogP contribution in [0.15, 0.2) is 60.9 Å². The first-order chi connectivity index (χ1) is 14.1. The van der Waals surface area contributed by atoms with E-state index in [-0.39, 0.29) is 5.91 Å². The molecule has 1 fully saturated rings. The molecule has 1 aliphatic rings. The standard InChI is InChI=1S/C23H25N5O/c1-17-8-9-21(18(2)14-17)26-23-24-15-19(16-25-23)22(29)28-12-10-27(11-13-28)20-6-4-3-5-7-20/h3-9,14-16H,10-13H2,1-2H3,(H,24,25,26). The molecule has 1 aromatic heterocycles. The number of carbonyl (C=O) groups excluding carboxylic acids is 1. The van der Waals surface area contributed by atoms with Gasteiger partial charge >= 0.3 is 0 Å². The van der Waals surface area contributed by atoms with Crippen molar-refractivity contribution in [2.75, 3.05) is 36.4 Å². The van der Waals surface area contributed by atoms with Gasteiger partial charge in [-0.3, -0.25) is 4.79 Å². The fourth-order valence-corrected chi connectivity index (χ4v) is 3.57. The van der Waals surface area contributed by atoms with Crippen LogP contribution < -0.4 is 10.2 Å². The fourth-order valence-electron chi connectivity index (χ4n) is 3.57. The number of anilines is 3. The summed E-state index contributed by atoms with van der Waals surface area (Å²) in [4.78, 5) is 25.7. The van der Waals surface area contributed by atoms with E-state index in [1.807, 2.05) is 42.2 Å². The molecule has 0 bridgehead atoms. The summed E-state index contributed by atoms with van der Waals surface area (Å²) in [5, 5.41) is 3.22. The molecular formula is C23H25N5O. The lowest BCUT2D eigenvalue weighted by Crippen LogP contribution is -2.48. The van der Waals surface area contributed by atoms with Crippen molar-refractivity contribution in [3.63, 3.8) is 0 Å². The van der Waals surface area contributed by atoms with Crippen molar-refractivity contribution < 1.29 is 4.79 Å². The Labute approximate surface area is 171 Å². The molecule has 0 aliphatic carbocycles. The van der Waals surface area contributed by atoms with Crippen molar-refractivity contribution in [3.8, 4) is 0 Å². The number of carbonyl (C=O) groups is 1. The molecule has 3 aromatic rings. The van der Waals surface area contributed by atoms with Gasteiger partial charge in [-0.05, 0) is 37.6 Å². The maximum atomic E-state index is 12.8. The van der Waals surface area contributed by atoms with E-state index in [2.05, 4.69) is 45.3 Å². The zero-order valence-corrected chi connectivity index (χ0v) is 16.8. The zero-order chi connectivity index (χ0) is 20.2. The number of aromatic nitrogens is 2. The van der Waals surface area contributed by atoms with Crippen LogP contribution >= 0.6 is 0 Å². The molecule has 1 saturated heterocycles. The summed E-state index contributed by atoms with van der Waals surface area (Å²) in [5.74, 6) is 0.471. The second-order valence-electron chi connectivity index (χ2n) is 7.35. The molecule has 2 aromatic carbocycles. The number of rotatable bonds is 4. The molecule has 4 rings (SSSR count). The van der Waals surface area contributed by atoms with Crippen molar-refractivity contribution in [1.82, 2.24) is 14.9 Å². The molecule has 6 heteroatoms. The van der Waals surface area contributed by atoms with Crippen LogP contribution in [-0.4, -0.2) is 47.0 Å². The molecule has 2 heterocycles. The number of amides is 1. The van der Waals surface area contributed by atoms with E-state index in [0.29, 0.717) is 24.6 Å². The number of hydrogen-bond donors (Lipinski definition) is 1. The van der Waals surface area contributed by atoms with Crippen LogP contribution in [0.25, 0.3) is 0 Å². The Hall–Kier alpha value is -3.41. The third-order valence-electron chi connectivity index (χ3n) is 5.22. The van der Waals surface area contributed by atoms with E-state index >= 15 is 0 Å². The van der Waals surface area contributed by atoms with Crippen LogP contribution in [0.3, 0.4) is 0 Å². The van der Waals surface area contributed by atoms with Crippen molar-refractivity contribution in [1.29, 1.82) is 0 Å². The summed E-state index contributed by atoms with van der Waals surface area (Å²) in [6.07, 6.45) is 3.20. The third-order valence-corrected chi connectivity index (χ3v) is 5.22. The summed E-state index contributed by atoms with van der Waals surface area (Å²) in [5.41, 5.74) is 5.02. The van der Waals surface area contributed by atoms with E-state index < -0.39 is 0 Å². The highest BCUT2D eigenvalue weighted by Gasteiger charge is 2.22. The Morgan fingerprint density at radius 1 is 0.931 bits per heavy atom. The summed E-state index contributed by atoms with van der Waals surface area (Å²) in [6, 6.07) is 16.5. The third kappa shape index (κ3) is 4.37. The van der Waals surface area contributed by atoms with Crippen molar-refractivity contribution >= 4 is 23.2 Å². The van der Waals surface area contributed by atoms with E-state index in [1.54, 1.807) is 12.4 Å². The monoisotopic (exact) mass is 387 g/mol. The van der Waals surface area contributed by atoms with Crippen LogP contribution in [0.5, 0.6) is 0 Å². The van der Waals surface area contributed by atoms with Gasteiger partial charge in [0, 0.05) is 49.9 Å². The van der Waals surface area contributed by atoms with E-state index in [0.717, 1.165) is 24.3 Å². The molecule has 0 atom stereocenters. The summed E-state index contributed by atoms with van der Waals surface area (Å²) in [7, 11) is 0. The number of aryl methyl sites for hydroxylation is 2. The molecule has 0 saturated carbocycles. The smallest absolute Gasteiger partial charge is 0.257 e. The van der Waals surface area contributed by atoms with E-state index in [9.17, 15) is 4.79 Å². The van der Waals surface area contributed by atoms with Gasteiger partial charge in [-0.2, -0.15) is 0 Å². The van der Waals surface area contributed by atoms with Crippen LogP contribution in [0, 0.1) is 13.8 Å². The van der Waals surface area contributed by atoms with Crippen LogP contribution in [0.4, 0.5) is 17.3 Å². The molecule has 1 aliphatic heterocycles. The first-order valence-electron chi connectivity index (χ1n) is 9.86. The number of nitrogens with zero attached hydrogens (tertiary/aromatic N) is 4. The van der Waals surface area contributed by atoms with Gasteiger partial charge in [-0.15, -0.1) is 0 Å². The Morgan fingerprint density at radius 2 is 1.62 bits per heavy atom. The highest BCUT2D eigenvalue weighted by atomic mass is 16.2. The minimum absolute atomic E-state index is 0.0178. The van der Waals surface area contributed by atoms with E-state index in [4.69, 9.17) is 0 Å². The molecule has 1 amide bonds. The average Bonchev–Trinajstić information content (AvgIpc) is 2.76. The SMILES string of the molecule is Cc1ccc(Nc2ncc(C(=O)N3CCN(c4ccccc4)CC3)cn2)c(C)c1. The van der Waals surface area contributed by atoms with Gasteiger partial charge in [0.15, 0.2) is 0 Å². The quantitative estimate of drug-likeness (QED) is 0.738. The number of piperazine rings is 1. The topological polar surface area (TPSA) is 61.4 Å². The second kappa shape index (κ2) is 8.31. The lowest BCUT2D eigenvalue weighted by Gasteiger charge is -2.36. The minimum atomic E-state index is -0.0178. The molecule has 29 heavy (non-hydrogen) atoms. The molecular weight excluding hydrogens is 362 g/mol. The van der Waals surface area contributed by atoms with Gasteiger partial charge in [0.1, 0.15) is 0 Å². The lowest BCUT2D eigenvalue weighted by molar-refractivity contribution is 0.0746. The van der Waals surface area contributed by atoms with Crippen molar-refractivity contribution in [2.45, 2.75) is 13.8 Å². The molecule has 0 spiro atoms. The minimum Gasteiger partial charge on any atom is -0.368 e. The van der Waals surface area contributed by atoms with Crippen molar-refractivity contribution in [3.05, 3.63) is 77.6 Å². The van der Waals surface area contributed by atoms with Gasteiger partial charge in [0.05, 0.1) is 5.56 Å². The number of nitrogens with one attached hydrogen (secondary N) is 1. The molecule has 6 nitrogen and oxygen atoms in total. The van der Waals surface area contributed by atoms with Gasteiger partial charge in [0.2, 0.25) is 5.95 Å². The number of para-hydroxylation sites is 1. The Morgan fingerprint density at radius 3 is 2.28 bits per heavy atom. The Bertz CT molecular complexity index is 980. The molecule has 0 radical (unpaired) electrons. The summed E-state index contributed by atoms with van der Waals surface area (Å²) >= 11 is 0. The van der Waals surface area contributed by atoms with Gasteiger partial charge < -0.3 is 15.1 Å². The second-order valence-corrected chi connectivity index (χ2v) is 7.35. The van der Waals surface area contributed by atoms with Gasteiger partial charge in [-0.1, -0.05) is 35.9 Å². The average molecular weight is 387 g/mol.